The van der Waals surface area contributed by atoms with Crippen LogP contribution in [-0.2, 0) is 9.53 Å². The van der Waals surface area contributed by atoms with E-state index in [1.54, 1.807) is 12.1 Å². The molecule has 1 aromatic carbocycles. The van der Waals surface area contributed by atoms with Crippen LogP contribution in [0, 0.1) is 29.1 Å². The number of fused-ring (bicyclic) bond motifs is 2. The lowest BCUT2D eigenvalue weighted by atomic mass is 9.63. The molecule has 1 aromatic rings. The van der Waals surface area contributed by atoms with E-state index in [0.29, 0.717) is 23.9 Å². The summed E-state index contributed by atoms with van der Waals surface area (Å²) >= 11 is 0. The Hall–Kier alpha value is -1.84. The second kappa shape index (κ2) is 7.19. The van der Waals surface area contributed by atoms with E-state index in [1.807, 2.05) is 25.1 Å². The van der Waals surface area contributed by atoms with E-state index in [-0.39, 0.29) is 17.8 Å². The Bertz CT molecular complexity index is 629. The SMILES string of the molecule is COC(=O)C(C)(C(C)CNC(=O)c1ccccc1)C1CC2CCC1C2. The molecule has 4 nitrogen and oxygen atoms in total. The molecule has 3 rings (SSSR count). The average Bonchev–Trinajstić information content (AvgIpc) is 3.28. The molecule has 5 unspecified atom stereocenters. The standard InChI is InChI=1S/C21H29NO3/c1-14(13-22-19(23)16-7-5-4-6-8-16)21(2,20(24)25-3)18-12-15-9-10-17(18)11-15/h4-8,14-15,17-18H,9-13H2,1-3H3,(H,22,23). The molecule has 0 spiro atoms. The van der Waals surface area contributed by atoms with Crippen molar-refractivity contribution < 1.29 is 14.3 Å². The Morgan fingerprint density at radius 3 is 2.52 bits per heavy atom. The minimum atomic E-state index is -0.543. The predicted molar refractivity (Wildman–Crippen MR) is 97.0 cm³/mol. The molecule has 2 aliphatic carbocycles. The molecule has 4 heteroatoms. The third-order valence-corrected chi connectivity index (χ3v) is 6.76. The van der Waals surface area contributed by atoms with Crippen LogP contribution in [0.5, 0.6) is 0 Å². The molecule has 25 heavy (non-hydrogen) atoms. The maximum absolute atomic E-state index is 12.7. The first kappa shape index (κ1) is 18.0. The van der Waals surface area contributed by atoms with Crippen molar-refractivity contribution in [2.45, 2.75) is 39.5 Å². The van der Waals surface area contributed by atoms with Gasteiger partial charge in [-0.05, 0) is 62.0 Å². The quantitative estimate of drug-likeness (QED) is 0.802. The van der Waals surface area contributed by atoms with Crippen molar-refractivity contribution in [3.63, 3.8) is 0 Å². The van der Waals surface area contributed by atoms with Crippen molar-refractivity contribution in [2.24, 2.45) is 29.1 Å². The number of benzene rings is 1. The predicted octanol–water partition coefficient (Wildman–Crippen LogP) is 3.67. The van der Waals surface area contributed by atoms with Gasteiger partial charge >= 0.3 is 5.97 Å². The molecule has 2 fully saturated rings. The zero-order valence-corrected chi connectivity index (χ0v) is 15.5. The van der Waals surface area contributed by atoms with E-state index in [9.17, 15) is 9.59 Å². The third kappa shape index (κ3) is 3.31. The van der Waals surface area contributed by atoms with Crippen LogP contribution in [0.1, 0.15) is 49.9 Å². The van der Waals surface area contributed by atoms with Crippen LogP contribution in [-0.4, -0.2) is 25.5 Å². The number of esters is 1. The summed E-state index contributed by atoms with van der Waals surface area (Å²) in [6.45, 7) is 4.59. The van der Waals surface area contributed by atoms with E-state index >= 15 is 0 Å². The number of hydrogen-bond donors (Lipinski definition) is 1. The first-order valence-corrected chi connectivity index (χ1v) is 9.38. The molecule has 2 bridgehead atoms. The fourth-order valence-electron chi connectivity index (χ4n) is 5.07. The topological polar surface area (TPSA) is 55.4 Å². The Balaban J connectivity index is 1.70. The molecule has 2 aliphatic rings. The number of carbonyl (C=O) groups excluding carboxylic acids is 2. The Morgan fingerprint density at radius 1 is 1.24 bits per heavy atom. The van der Waals surface area contributed by atoms with Gasteiger partial charge in [-0.25, -0.2) is 0 Å². The van der Waals surface area contributed by atoms with Crippen molar-refractivity contribution in [3.05, 3.63) is 35.9 Å². The summed E-state index contributed by atoms with van der Waals surface area (Å²) in [6.07, 6.45) is 4.90. The summed E-state index contributed by atoms with van der Waals surface area (Å²) in [6, 6.07) is 9.20. The molecule has 136 valence electrons. The molecule has 2 saturated carbocycles. The second-order valence-corrected chi connectivity index (χ2v) is 8.03. The highest BCUT2D eigenvalue weighted by Crippen LogP contribution is 2.57. The van der Waals surface area contributed by atoms with E-state index in [0.717, 1.165) is 12.3 Å². The number of hydrogen-bond acceptors (Lipinski definition) is 3. The summed E-state index contributed by atoms with van der Waals surface area (Å²) in [5.74, 6) is 1.56. The highest BCUT2D eigenvalue weighted by molar-refractivity contribution is 5.94. The van der Waals surface area contributed by atoms with Gasteiger partial charge in [-0.1, -0.05) is 31.5 Å². The largest absolute Gasteiger partial charge is 0.469 e. The van der Waals surface area contributed by atoms with Crippen LogP contribution in [0.15, 0.2) is 30.3 Å². The van der Waals surface area contributed by atoms with Crippen LogP contribution in [0.3, 0.4) is 0 Å². The number of nitrogens with one attached hydrogen (secondary N) is 1. The van der Waals surface area contributed by atoms with Gasteiger partial charge in [-0.15, -0.1) is 0 Å². The molecular formula is C21H29NO3. The maximum Gasteiger partial charge on any atom is 0.312 e. The smallest absolute Gasteiger partial charge is 0.312 e. The van der Waals surface area contributed by atoms with Gasteiger partial charge in [0.1, 0.15) is 0 Å². The number of carbonyl (C=O) groups is 2. The highest BCUT2D eigenvalue weighted by Gasteiger charge is 2.54. The van der Waals surface area contributed by atoms with Crippen LogP contribution in [0.2, 0.25) is 0 Å². The first-order chi connectivity index (χ1) is 12.0. The Labute approximate surface area is 150 Å². The average molecular weight is 343 g/mol. The zero-order chi connectivity index (χ0) is 18.0. The van der Waals surface area contributed by atoms with E-state index in [2.05, 4.69) is 12.2 Å². The molecule has 0 aromatic heterocycles. The fraction of sp³-hybridized carbons (Fsp3) is 0.619. The Kier molecular flexibility index (Phi) is 5.16. The fourth-order valence-corrected chi connectivity index (χ4v) is 5.07. The monoisotopic (exact) mass is 343 g/mol. The van der Waals surface area contributed by atoms with E-state index in [1.165, 1.54) is 26.4 Å². The van der Waals surface area contributed by atoms with Gasteiger partial charge in [0.15, 0.2) is 0 Å². The molecule has 0 saturated heterocycles. The van der Waals surface area contributed by atoms with Crippen molar-refractivity contribution >= 4 is 11.9 Å². The molecule has 0 heterocycles. The summed E-state index contributed by atoms with van der Waals surface area (Å²) in [5, 5.41) is 3.00. The number of methoxy groups -OCH3 is 1. The molecule has 0 radical (unpaired) electrons. The molecule has 0 aliphatic heterocycles. The van der Waals surface area contributed by atoms with Crippen molar-refractivity contribution in [2.75, 3.05) is 13.7 Å². The maximum atomic E-state index is 12.7. The summed E-state index contributed by atoms with van der Waals surface area (Å²) < 4.78 is 5.20. The van der Waals surface area contributed by atoms with Crippen LogP contribution < -0.4 is 5.32 Å². The number of ether oxygens (including phenoxy) is 1. The summed E-state index contributed by atoms with van der Waals surface area (Å²) in [4.78, 5) is 25.1. The zero-order valence-electron chi connectivity index (χ0n) is 15.5. The number of rotatable bonds is 6. The van der Waals surface area contributed by atoms with Crippen LogP contribution >= 0.6 is 0 Å². The van der Waals surface area contributed by atoms with Gasteiger partial charge in [0, 0.05) is 12.1 Å². The molecule has 1 amide bonds. The number of amides is 1. The summed E-state index contributed by atoms with van der Waals surface area (Å²) in [5.41, 5.74) is 0.104. The van der Waals surface area contributed by atoms with Crippen molar-refractivity contribution in [1.82, 2.24) is 5.32 Å². The van der Waals surface area contributed by atoms with E-state index < -0.39 is 5.41 Å². The van der Waals surface area contributed by atoms with Gasteiger partial charge in [0.05, 0.1) is 12.5 Å². The molecular weight excluding hydrogens is 314 g/mol. The van der Waals surface area contributed by atoms with Gasteiger partial charge in [0.25, 0.3) is 5.91 Å². The van der Waals surface area contributed by atoms with Gasteiger partial charge in [-0.3, -0.25) is 9.59 Å². The first-order valence-electron chi connectivity index (χ1n) is 9.38. The summed E-state index contributed by atoms with van der Waals surface area (Å²) in [7, 11) is 1.48. The lowest BCUT2D eigenvalue weighted by Crippen LogP contribution is -2.48. The normalized spacial score (nSPS) is 28.2. The van der Waals surface area contributed by atoms with Crippen molar-refractivity contribution in [1.29, 1.82) is 0 Å². The molecule has 1 N–H and O–H groups in total. The minimum absolute atomic E-state index is 0.0250. The van der Waals surface area contributed by atoms with Crippen LogP contribution in [0.4, 0.5) is 0 Å². The Morgan fingerprint density at radius 2 is 1.96 bits per heavy atom. The lowest BCUT2D eigenvalue weighted by molar-refractivity contribution is -0.161. The van der Waals surface area contributed by atoms with Gasteiger partial charge in [-0.2, -0.15) is 0 Å². The third-order valence-electron chi connectivity index (χ3n) is 6.76. The van der Waals surface area contributed by atoms with Crippen LogP contribution in [0.25, 0.3) is 0 Å². The van der Waals surface area contributed by atoms with E-state index in [4.69, 9.17) is 4.74 Å². The highest BCUT2D eigenvalue weighted by atomic mass is 16.5. The van der Waals surface area contributed by atoms with Gasteiger partial charge < -0.3 is 10.1 Å². The molecule has 5 atom stereocenters. The van der Waals surface area contributed by atoms with Crippen molar-refractivity contribution in [3.8, 4) is 0 Å². The minimum Gasteiger partial charge on any atom is -0.469 e. The lowest BCUT2D eigenvalue weighted by Gasteiger charge is -2.42. The second-order valence-electron chi connectivity index (χ2n) is 8.03. The van der Waals surface area contributed by atoms with Gasteiger partial charge in [0.2, 0.25) is 0 Å².